The molecule has 0 aromatic carbocycles. The van der Waals surface area contributed by atoms with Crippen LogP contribution in [0.5, 0.6) is 0 Å². The molecule has 1 N–H and O–H groups in total. The van der Waals surface area contributed by atoms with Crippen molar-refractivity contribution in [3.63, 3.8) is 0 Å². The zero-order valence-corrected chi connectivity index (χ0v) is 14.9. The highest BCUT2D eigenvalue weighted by atomic mass is 32.1. The standard InChI is InChI=1S/C17H21N5O2S/c1-11-20-21-17(25-11)22-6-4-13-7-14(24-15(13)10-22)16(23)19-9-12-3-2-5-18-8-12/h2-3,5,8,13-15H,4,6-7,9-10H2,1H3,(H,19,23)/t13-,14+,15+/m0/s1. The first-order chi connectivity index (χ1) is 12.2. The van der Waals surface area contributed by atoms with E-state index in [9.17, 15) is 4.79 Å². The molecule has 0 spiro atoms. The Hall–Kier alpha value is -2.06. The fourth-order valence-electron chi connectivity index (χ4n) is 3.49. The van der Waals surface area contributed by atoms with Crippen LogP contribution in [0.4, 0.5) is 5.13 Å². The number of carbonyl (C=O) groups excluding carboxylic acids is 1. The van der Waals surface area contributed by atoms with Crippen LogP contribution in [0.1, 0.15) is 23.4 Å². The van der Waals surface area contributed by atoms with E-state index in [4.69, 9.17) is 4.74 Å². The fourth-order valence-corrected chi connectivity index (χ4v) is 4.22. The number of carbonyl (C=O) groups is 1. The van der Waals surface area contributed by atoms with Gasteiger partial charge in [-0.15, -0.1) is 10.2 Å². The summed E-state index contributed by atoms with van der Waals surface area (Å²) in [6.45, 7) is 4.18. The molecular formula is C17H21N5O2S. The Bertz CT molecular complexity index is 738. The van der Waals surface area contributed by atoms with Gasteiger partial charge in [-0.3, -0.25) is 9.78 Å². The van der Waals surface area contributed by atoms with E-state index in [1.165, 1.54) is 0 Å². The van der Waals surface area contributed by atoms with Crippen molar-refractivity contribution in [2.24, 2.45) is 5.92 Å². The van der Waals surface area contributed by atoms with Crippen molar-refractivity contribution in [1.82, 2.24) is 20.5 Å². The molecule has 0 aliphatic carbocycles. The molecular weight excluding hydrogens is 338 g/mol. The van der Waals surface area contributed by atoms with Gasteiger partial charge in [-0.25, -0.2) is 0 Å². The van der Waals surface area contributed by atoms with Gasteiger partial charge >= 0.3 is 0 Å². The van der Waals surface area contributed by atoms with E-state index < -0.39 is 0 Å². The van der Waals surface area contributed by atoms with E-state index in [1.54, 1.807) is 23.7 Å². The molecule has 0 bridgehead atoms. The monoisotopic (exact) mass is 359 g/mol. The molecule has 132 valence electrons. The first-order valence-corrected chi connectivity index (χ1v) is 9.38. The van der Waals surface area contributed by atoms with Crippen molar-refractivity contribution >= 4 is 22.4 Å². The lowest BCUT2D eigenvalue weighted by Gasteiger charge is -2.33. The molecule has 8 heteroatoms. The second kappa shape index (κ2) is 7.05. The number of nitrogens with one attached hydrogen (secondary N) is 1. The van der Waals surface area contributed by atoms with Crippen molar-refractivity contribution < 1.29 is 9.53 Å². The van der Waals surface area contributed by atoms with E-state index >= 15 is 0 Å². The molecule has 0 saturated carbocycles. The third kappa shape index (κ3) is 3.64. The second-order valence-electron chi connectivity index (χ2n) is 6.58. The average molecular weight is 359 g/mol. The number of amides is 1. The minimum atomic E-state index is -0.359. The van der Waals surface area contributed by atoms with Gasteiger partial charge in [-0.1, -0.05) is 17.4 Å². The van der Waals surface area contributed by atoms with Crippen LogP contribution in [0.15, 0.2) is 24.5 Å². The van der Waals surface area contributed by atoms with Gasteiger partial charge in [0.25, 0.3) is 0 Å². The lowest BCUT2D eigenvalue weighted by Crippen LogP contribution is -2.42. The third-order valence-corrected chi connectivity index (χ3v) is 5.72. The molecule has 0 unspecified atom stereocenters. The van der Waals surface area contributed by atoms with E-state index in [2.05, 4.69) is 25.4 Å². The minimum absolute atomic E-state index is 0.0310. The van der Waals surface area contributed by atoms with Gasteiger partial charge in [0.1, 0.15) is 11.1 Å². The molecule has 2 saturated heterocycles. The molecule has 0 radical (unpaired) electrons. The lowest BCUT2D eigenvalue weighted by molar-refractivity contribution is -0.132. The Morgan fingerprint density at radius 1 is 1.48 bits per heavy atom. The molecule has 2 aliphatic heterocycles. The summed E-state index contributed by atoms with van der Waals surface area (Å²) < 4.78 is 6.06. The quantitative estimate of drug-likeness (QED) is 0.892. The summed E-state index contributed by atoms with van der Waals surface area (Å²) in [6.07, 6.45) is 5.04. The zero-order chi connectivity index (χ0) is 17.2. The maximum atomic E-state index is 12.4. The van der Waals surface area contributed by atoms with Gasteiger partial charge < -0.3 is 15.0 Å². The zero-order valence-electron chi connectivity index (χ0n) is 14.1. The number of rotatable bonds is 4. The van der Waals surface area contributed by atoms with E-state index in [1.807, 2.05) is 19.1 Å². The number of anilines is 1. The second-order valence-corrected chi connectivity index (χ2v) is 7.74. The number of aryl methyl sites for hydroxylation is 1. The summed E-state index contributed by atoms with van der Waals surface area (Å²) >= 11 is 1.60. The Labute approximate surface area is 150 Å². The highest BCUT2D eigenvalue weighted by molar-refractivity contribution is 7.15. The molecule has 4 heterocycles. The minimum Gasteiger partial charge on any atom is -0.363 e. The summed E-state index contributed by atoms with van der Waals surface area (Å²) in [7, 11) is 0. The van der Waals surface area contributed by atoms with Crippen molar-refractivity contribution in [2.45, 2.75) is 38.5 Å². The number of fused-ring (bicyclic) bond motifs is 1. The number of ether oxygens (including phenoxy) is 1. The Morgan fingerprint density at radius 2 is 2.40 bits per heavy atom. The first-order valence-electron chi connectivity index (χ1n) is 8.56. The number of hydrogen-bond donors (Lipinski definition) is 1. The molecule has 2 fully saturated rings. The van der Waals surface area contributed by atoms with E-state index in [0.29, 0.717) is 12.5 Å². The number of hydrogen-bond acceptors (Lipinski definition) is 7. The molecule has 2 aromatic heterocycles. The predicted octanol–water partition coefficient (Wildman–Crippen LogP) is 1.54. The topological polar surface area (TPSA) is 80.2 Å². The lowest BCUT2D eigenvalue weighted by atomic mass is 9.92. The first kappa shape index (κ1) is 16.4. The molecule has 2 aliphatic rings. The number of piperidine rings is 1. The van der Waals surface area contributed by atoms with Gasteiger partial charge in [0.15, 0.2) is 0 Å². The van der Waals surface area contributed by atoms with Gasteiger partial charge in [0.05, 0.1) is 6.10 Å². The molecule has 3 atom stereocenters. The third-order valence-electron chi connectivity index (χ3n) is 4.82. The van der Waals surface area contributed by atoms with Crippen LogP contribution in [0.25, 0.3) is 0 Å². The van der Waals surface area contributed by atoms with Crippen LogP contribution in [0, 0.1) is 12.8 Å². The Kier molecular flexibility index (Phi) is 4.63. The van der Waals surface area contributed by atoms with Gasteiger partial charge in [-0.2, -0.15) is 0 Å². The summed E-state index contributed by atoms with van der Waals surface area (Å²) in [5, 5.41) is 13.2. The largest absolute Gasteiger partial charge is 0.363 e. The summed E-state index contributed by atoms with van der Waals surface area (Å²) in [6, 6.07) is 3.82. The average Bonchev–Trinajstić information content (AvgIpc) is 3.26. The normalized spacial score (nSPS) is 25.6. The van der Waals surface area contributed by atoms with Crippen LogP contribution in [0.2, 0.25) is 0 Å². The van der Waals surface area contributed by atoms with Crippen LogP contribution in [-0.4, -0.2) is 46.4 Å². The van der Waals surface area contributed by atoms with Gasteiger partial charge in [-0.05, 0) is 37.3 Å². The van der Waals surface area contributed by atoms with Crippen LogP contribution < -0.4 is 10.2 Å². The van der Waals surface area contributed by atoms with Crippen molar-refractivity contribution in [2.75, 3.05) is 18.0 Å². The number of pyridine rings is 1. The molecule has 25 heavy (non-hydrogen) atoms. The van der Waals surface area contributed by atoms with Crippen molar-refractivity contribution in [1.29, 1.82) is 0 Å². The van der Waals surface area contributed by atoms with Crippen LogP contribution in [0.3, 0.4) is 0 Å². The smallest absolute Gasteiger partial charge is 0.249 e. The highest BCUT2D eigenvalue weighted by Gasteiger charge is 2.42. The summed E-state index contributed by atoms with van der Waals surface area (Å²) in [4.78, 5) is 18.7. The van der Waals surface area contributed by atoms with Gasteiger partial charge in [0, 0.05) is 32.0 Å². The SMILES string of the molecule is Cc1nnc(N2CC[C@H]3C[C@H](C(=O)NCc4cccnc4)O[C@@H]3C2)s1. The number of nitrogens with zero attached hydrogens (tertiary/aromatic N) is 4. The maximum absolute atomic E-state index is 12.4. The maximum Gasteiger partial charge on any atom is 0.249 e. The predicted molar refractivity (Wildman–Crippen MR) is 94.3 cm³/mol. The molecule has 7 nitrogen and oxygen atoms in total. The fraction of sp³-hybridized carbons (Fsp3) is 0.529. The van der Waals surface area contributed by atoms with E-state index in [-0.39, 0.29) is 18.1 Å². The molecule has 1 amide bonds. The van der Waals surface area contributed by atoms with Crippen LogP contribution >= 0.6 is 11.3 Å². The summed E-state index contributed by atoms with van der Waals surface area (Å²) in [5.74, 6) is 0.413. The van der Waals surface area contributed by atoms with Gasteiger partial charge in [0.2, 0.25) is 11.0 Å². The highest BCUT2D eigenvalue weighted by Crippen LogP contribution is 2.35. The van der Waals surface area contributed by atoms with Crippen LogP contribution in [-0.2, 0) is 16.1 Å². The molecule has 4 rings (SSSR count). The van der Waals surface area contributed by atoms with E-state index in [0.717, 1.165) is 41.6 Å². The summed E-state index contributed by atoms with van der Waals surface area (Å²) in [5.41, 5.74) is 0.990. The molecule has 2 aromatic rings. The number of aromatic nitrogens is 3. The van der Waals surface area contributed by atoms with Crippen molar-refractivity contribution in [3.05, 3.63) is 35.1 Å². The Balaban J connectivity index is 1.32. The Morgan fingerprint density at radius 3 is 3.16 bits per heavy atom. The van der Waals surface area contributed by atoms with Crippen molar-refractivity contribution in [3.8, 4) is 0 Å².